The molecule has 1 aliphatic rings. The summed E-state index contributed by atoms with van der Waals surface area (Å²) in [4.78, 5) is 11.5. The van der Waals surface area contributed by atoms with Gasteiger partial charge in [-0.1, -0.05) is 12.8 Å². The first kappa shape index (κ1) is 12.1. The highest BCUT2D eigenvalue weighted by atomic mass is 15.3. The van der Waals surface area contributed by atoms with Crippen molar-refractivity contribution in [3.05, 3.63) is 11.8 Å². The second kappa shape index (κ2) is 5.84. The molecule has 2 heterocycles. The molecule has 1 N–H and O–H groups in total. The number of hydrogen-bond donors (Lipinski definition) is 1. The van der Waals surface area contributed by atoms with E-state index >= 15 is 0 Å². The number of aryl methyl sites for hydroxylation is 1. The van der Waals surface area contributed by atoms with E-state index in [1.54, 1.807) is 0 Å². The lowest BCUT2D eigenvalue weighted by Crippen LogP contribution is -2.26. The molecular formula is C13H22N4. The Morgan fingerprint density at radius 2 is 1.88 bits per heavy atom. The van der Waals surface area contributed by atoms with Gasteiger partial charge in [0.2, 0.25) is 5.95 Å². The van der Waals surface area contributed by atoms with Crippen molar-refractivity contribution in [1.29, 1.82) is 0 Å². The van der Waals surface area contributed by atoms with Gasteiger partial charge in [-0.15, -0.1) is 0 Å². The molecule has 17 heavy (non-hydrogen) atoms. The lowest BCUT2D eigenvalue weighted by molar-refractivity contribution is 0.726. The SMILES string of the molecule is CCNc1cc(C)nc(N2CCCCCC2)n1. The Labute approximate surface area is 103 Å². The maximum absolute atomic E-state index is 4.59. The molecule has 1 aromatic heterocycles. The van der Waals surface area contributed by atoms with Crippen molar-refractivity contribution in [3.8, 4) is 0 Å². The molecule has 4 nitrogen and oxygen atoms in total. The van der Waals surface area contributed by atoms with Crippen LogP contribution in [-0.4, -0.2) is 29.6 Å². The minimum Gasteiger partial charge on any atom is -0.370 e. The molecule has 1 aromatic rings. The van der Waals surface area contributed by atoms with Crippen LogP contribution in [0, 0.1) is 6.92 Å². The first-order chi connectivity index (χ1) is 8.29. The number of nitrogens with one attached hydrogen (secondary N) is 1. The van der Waals surface area contributed by atoms with Crippen LogP contribution in [0.1, 0.15) is 38.3 Å². The van der Waals surface area contributed by atoms with Gasteiger partial charge in [-0.05, 0) is 26.7 Å². The van der Waals surface area contributed by atoms with Crippen molar-refractivity contribution in [2.45, 2.75) is 39.5 Å². The quantitative estimate of drug-likeness (QED) is 0.872. The molecule has 1 fully saturated rings. The van der Waals surface area contributed by atoms with Gasteiger partial charge in [-0.25, -0.2) is 4.98 Å². The van der Waals surface area contributed by atoms with Crippen LogP contribution >= 0.6 is 0 Å². The van der Waals surface area contributed by atoms with Gasteiger partial charge in [0.25, 0.3) is 0 Å². The van der Waals surface area contributed by atoms with E-state index in [1.807, 2.05) is 13.0 Å². The van der Waals surface area contributed by atoms with Crippen LogP contribution in [-0.2, 0) is 0 Å². The summed E-state index contributed by atoms with van der Waals surface area (Å²) in [5, 5.41) is 3.27. The summed E-state index contributed by atoms with van der Waals surface area (Å²) in [7, 11) is 0. The average molecular weight is 234 g/mol. The monoisotopic (exact) mass is 234 g/mol. The minimum absolute atomic E-state index is 0.892. The molecule has 0 radical (unpaired) electrons. The van der Waals surface area contributed by atoms with Crippen molar-refractivity contribution >= 4 is 11.8 Å². The lowest BCUT2D eigenvalue weighted by atomic mass is 10.2. The van der Waals surface area contributed by atoms with E-state index in [4.69, 9.17) is 0 Å². The van der Waals surface area contributed by atoms with Crippen molar-refractivity contribution in [3.63, 3.8) is 0 Å². The Kier molecular flexibility index (Phi) is 4.18. The third-order valence-electron chi connectivity index (χ3n) is 3.09. The minimum atomic E-state index is 0.892. The summed E-state index contributed by atoms with van der Waals surface area (Å²) in [5.41, 5.74) is 1.04. The molecule has 1 aliphatic heterocycles. The molecule has 0 unspecified atom stereocenters. The summed E-state index contributed by atoms with van der Waals surface area (Å²) >= 11 is 0. The number of rotatable bonds is 3. The van der Waals surface area contributed by atoms with E-state index in [0.29, 0.717) is 0 Å². The zero-order valence-corrected chi connectivity index (χ0v) is 10.9. The van der Waals surface area contributed by atoms with E-state index in [1.165, 1.54) is 25.7 Å². The zero-order valence-electron chi connectivity index (χ0n) is 10.9. The molecule has 0 atom stereocenters. The van der Waals surface area contributed by atoms with E-state index in [-0.39, 0.29) is 0 Å². The van der Waals surface area contributed by atoms with Gasteiger partial charge in [-0.2, -0.15) is 4.98 Å². The number of hydrogen-bond acceptors (Lipinski definition) is 4. The summed E-state index contributed by atoms with van der Waals surface area (Å²) in [6.45, 7) is 7.20. The second-order valence-corrected chi connectivity index (χ2v) is 4.63. The topological polar surface area (TPSA) is 41.1 Å². The molecule has 0 aliphatic carbocycles. The van der Waals surface area contributed by atoms with E-state index in [0.717, 1.165) is 37.1 Å². The standard InChI is InChI=1S/C13H22N4/c1-3-14-12-10-11(2)15-13(16-12)17-8-6-4-5-7-9-17/h10H,3-9H2,1-2H3,(H,14,15,16). The molecule has 0 aromatic carbocycles. The maximum Gasteiger partial charge on any atom is 0.227 e. The summed E-state index contributed by atoms with van der Waals surface area (Å²) in [6, 6.07) is 2.00. The Morgan fingerprint density at radius 1 is 1.18 bits per heavy atom. The molecule has 0 spiro atoms. The van der Waals surface area contributed by atoms with E-state index in [9.17, 15) is 0 Å². The third-order valence-corrected chi connectivity index (χ3v) is 3.09. The first-order valence-corrected chi connectivity index (χ1v) is 6.64. The smallest absolute Gasteiger partial charge is 0.227 e. The van der Waals surface area contributed by atoms with Gasteiger partial charge in [0, 0.05) is 31.4 Å². The Balaban J connectivity index is 2.17. The predicted molar refractivity (Wildman–Crippen MR) is 71.6 cm³/mol. The fraction of sp³-hybridized carbons (Fsp3) is 0.692. The highest BCUT2D eigenvalue weighted by molar-refractivity contribution is 5.43. The highest BCUT2D eigenvalue weighted by Crippen LogP contribution is 2.18. The van der Waals surface area contributed by atoms with Gasteiger partial charge in [0.05, 0.1) is 0 Å². The van der Waals surface area contributed by atoms with Crippen molar-refractivity contribution in [2.24, 2.45) is 0 Å². The molecule has 4 heteroatoms. The molecule has 0 amide bonds. The van der Waals surface area contributed by atoms with Crippen molar-refractivity contribution in [2.75, 3.05) is 29.9 Å². The Bertz CT molecular complexity index is 356. The molecular weight excluding hydrogens is 212 g/mol. The largest absolute Gasteiger partial charge is 0.370 e. The molecule has 2 rings (SSSR count). The van der Waals surface area contributed by atoms with Crippen LogP contribution in [0.4, 0.5) is 11.8 Å². The van der Waals surface area contributed by atoms with Crippen LogP contribution in [0.25, 0.3) is 0 Å². The van der Waals surface area contributed by atoms with Gasteiger partial charge in [0.15, 0.2) is 0 Å². The first-order valence-electron chi connectivity index (χ1n) is 6.64. The van der Waals surface area contributed by atoms with Crippen molar-refractivity contribution < 1.29 is 0 Å². The zero-order chi connectivity index (χ0) is 12.1. The molecule has 0 saturated carbocycles. The molecule has 1 saturated heterocycles. The van der Waals surface area contributed by atoms with Gasteiger partial charge in [-0.3, -0.25) is 0 Å². The van der Waals surface area contributed by atoms with Crippen molar-refractivity contribution in [1.82, 2.24) is 9.97 Å². The van der Waals surface area contributed by atoms with E-state index < -0.39 is 0 Å². The lowest BCUT2D eigenvalue weighted by Gasteiger charge is -2.21. The van der Waals surface area contributed by atoms with Crippen LogP contribution in [0.2, 0.25) is 0 Å². The average Bonchev–Trinajstić information content (AvgIpc) is 2.57. The van der Waals surface area contributed by atoms with Crippen LogP contribution < -0.4 is 10.2 Å². The Hall–Kier alpha value is -1.32. The van der Waals surface area contributed by atoms with Gasteiger partial charge in [0.1, 0.15) is 5.82 Å². The number of nitrogens with zero attached hydrogens (tertiary/aromatic N) is 3. The van der Waals surface area contributed by atoms with Gasteiger partial charge >= 0.3 is 0 Å². The highest BCUT2D eigenvalue weighted by Gasteiger charge is 2.13. The van der Waals surface area contributed by atoms with Crippen LogP contribution in [0.5, 0.6) is 0 Å². The van der Waals surface area contributed by atoms with Crippen LogP contribution in [0.15, 0.2) is 6.07 Å². The van der Waals surface area contributed by atoms with Crippen LogP contribution in [0.3, 0.4) is 0 Å². The predicted octanol–water partition coefficient (Wildman–Crippen LogP) is 2.60. The molecule has 0 bridgehead atoms. The Morgan fingerprint density at radius 3 is 2.53 bits per heavy atom. The second-order valence-electron chi connectivity index (χ2n) is 4.63. The summed E-state index contributed by atoms with van der Waals surface area (Å²) in [6.07, 6.45) is 5.19. The fourth-order valence-electron chi connectivity index (χ4n) is 2.24. The summed E-state index contributed by atoms with van der Waals surface area (Å²) < 4.78 is 0. The third kappa shape index (κ3) is 3.32. The normalized spacial score (nSPS) is 16.7. The van der Waals surface area contributed by atoms with Gasteiger partial charge < -0.3 is 10.2 Å². The summed E-state index contributed by atoms with van der Waals surface area (Å²) in [5.74, 6) is 1.84. The fourth-order valence-corrected chi connectivity index (χ4v) is 2.24. The maximum atomic E-state index is 4.59. The number of anilines is 2. The van der Waals surface area contributed by atoms with E-state index in [2.05, 4.69) is 27.1 Å². The molecule has 94 valence electrons. The number of aromatic nitrogens is 2.